The average Bonchev–Trinajstić information content (AvgIpc) is 3.01. The van der Waals surface area contributed by atoms with Crippen molar-refractivity contribution in [3.63, 3.8) is 0 Å². The van der Waals surface area contributed by atoms with Crippen molar-refractivity contribution in [2.45, 2.75) is 6.54 Å². The van der Waals surface area contributed by atoms with E-state index in [0.29, 0.717) is 18.2 Å². The van der Waals surface area contributed by atoms with Gasteiger partial charge in [0.25, 0.3) is 0 Å². The number of hydrogen-bond donors (Lipinski definition) is 3. The lowest BCUT2D eigenvalue weighted by Crippen LogP contribution is -2.02. The fourth-order valence-corrected chi connectivity index (χ4v) is 1.84. The van der Waals surface area contributed by atoms with Gasteiger partial charge in [-0.05, 0) is 17.2 Å². The maximum absolute atomic E-state index is 5.49. The third kappa shape index (κ3) is 2.74. The first-order valence-corrected chi connectivity index (χ1v) is 6.21. The van der Waals surface area contributed by atoms with Gasteiger partial charge in [0.2, 0.25) is 0 Å². The van der Waals surface area contributed by atoms with Crippen LogP contribution in [0.5, 0.6) is 0 Å². The summed E-state index contributed by atoms with van der Waals surface area (Å²) < 4.78 is 0. The van der Waals surface area contributed by atoms with Crippen LogP contribution in [0.15, 0.2) is 48.9 Å². The Hall–Kier alpha value is -2.89. The Morgan fingerprint density at radius 1 is 1.05 bits per heavy atom. The van der Waals surface area contributed by atoms with Gasteiger partial charge in [-0.15, -0.1) is 0 Å². The molecule has 0 unspecified atom stereocenters. The first kappa shape index (κ1) is 12.2. The molecule has 0 saturated carbocycles. The number of hydrogen-bond acceptors (Lipinski definition) is 5. The summed E-state index contributed by atoms with van der Waals surface area (Å²) in [6, 6.07) is 10.2. The summed E-state index contributed by atoms with van der Waals surface area (Å²) in [7, 11) is 0. The third-order valence-electron chi connectivity index (χ3n) is 2.91. The number of rotatable bonds is 4. The molecule has 3 aromatic rings. The van der Waals surface area contributed by atoms with Gasteiger partial charge in [0.05, 0.1) is 18.1 Å². The fourth-order valence-electron chi connectivity index (χ4n) is 1.84. The molecule has 1 aromatic carbocycles. The first-order valence-electron chi connectivity index (χ1n) is 6.21. The Labute approximate surface area is 116 Å². The van der Waals surface area contributed by atoms with E-state index in [1.807, 2.05) is 6.07 Å². The molecule has 0 spiro atoms. The molecule has 100 valence electrons. The van der Waals surface area contributed by atoms with Gasteiger partial charge in [-0.1, -0.05) is 24.3 Å². The van der Waals surface area contributed by atoms with E-state index in [-0.39, 0.29) is 0 Å². The monoisotopic (exact) mass is 266 g/mol. The molecule has 3 rings (SSSR count). The zero-order chi connectivity index (χ0) is 13.8. The highest BCUT2D eigenvalue weighted by Gasteiger charge is 2.00. The Morgan fingerprint density at radius 3 is 2.55 bits per heavy atom. The van der Waals surface area contributed by atoms with Crippen LogP contribution < -0.4 is 11.1 Å². The lowest BCUT2D eigenvalue weighted by Gasteiger charge is -2.06. The number of aromatic amines is 1. The second-order valence-electron chi connectivity index (χ2n) is 4.35. The molecule has 2 heterocycles. The molecule has 4 N–H and O–H groups in total. The zero-order valence-electron chi connectivity index (χ0n) is 10.7. The number of aromatic nitrogens is 4. The van der Waals surface area contributed by atoms with E-state index in [2.05, 4.69) is 49.7 Å². The largest absolute Gasteiger partial charge is 0.382 e. The smallest absolute Gasteiger partial charge is 0.144 e. The molecule has 6 nitrogen and oxygen atoms in total. The van der Waals surface area contributed by atoms with Crippen molar-refractivity contribution in [1.29, 1.82) is 0 Å². The predicted molar refractivity (Wildman–Crippen MR) is 77.8 cm³/mol. The van der Waals surface area contributed by atoms with Crippen molar-refractivity contribution in [2.24, 2.45) is 0 Å². The highest BCUT2D eigenvalue weighted by atomic mass is 15.1. The lowest BCUT2D eigenvalue weighted by molar-refractivity contribution is 1.08. The summed E-state index contributed by atoms with van der Waals surface area (Å²) in [5, 5.41) is 10.1. The lowest BCUT2D eigenvalue weighted by atomic mass is 10.1. The van der Waals surface area contributed by atoms with Crippen molar-refractivity contribution in [3.05, 3.63) is 54.5 Å². The summed E-state index contributed by atoms with van der Waals surface area (Å²) in [6.45, 7) is 0.682. The van der Waals surface area contributed by atoms with E-state index < -0.39 is 0 Å². The quantitative estimate of drug-likeness (QED) is 0.672. The molecule has 0 fully saturated rings. The molecule has 20 heavy (non-hydrogen) atoms. The topological polar surface area (TPSA) is 92.5 Å². The van der Waals surface area contributed by atoms with Gasteiger partial charge in [0, 0.05) is 12.7 Å². The third-order valence-corrected chi connectivity index (χ3v) is 2.91. The molecule has 2 aromatic heterocycles. The van der Waals surface area contributed by atoms with Gasteiger partial charge < -0.3 is 11.1 Å². The Morgan fingerprint density at radius 2 is 1.90 bits per heavy atom. The van der Waals surface area contributed by atoms with Gasteiger partial charge in [0.1, 0.15) is 11.6 Å². The number of nitrogens with one attached hydrogen (secondary N) is 2. The van der Waals surface area contributed by atoms with Crippen LogP contribution in [0, 0.1) is 0 Å². The molecule has 0 amide bonds. The fraction of sp³-hybridized carbons (Fsp3) is 0.0714. The summed E-state index contributed by atoms with van der Waals surface area (Å²) in [5.74, 6) is 1.12. The SMILES string of the molecule is Nc1cnc(NCc2ccc(-c3ccn[nH]3)cc2)cn1. The minimum atomic E-state index is 0.416. The molecule has 0 atom stereocenters. The first-order chi connectivity index (χ1) is 9.81. The van der Waals surface area contributed by atoms with Crippen LogP contribution in [0.2, 0.25) is 0 Å². The van der Waals surface area contributed by atoms with E-state index in [4.69, 9.17) is 5.73 Å². The number of anilines is 2. The maximum atomic E-state index is 5.49. The van der Waals surface area contributed by atoms with Crippen molar-refractivity contribution in [3.8, 4) is 11.3 Å². The molecule has 0 radical (unpaired) electrons. The minimum absolute atomic E-state index is 0.416. The summed E-state index contributed by atoms with van der Waals surface area (Å²) in [5.41, 5.74) is 8.76. The average molecular weight is 266 g/mol. The van der Waals surface area contributed by atoms with Crippen LogP contribution in [0.3, 0.4) is 0 Å². The standard InChI is InChI=1S/C14H14N6/c15-13-8-18-14(9-16-13)17-7-10-1-3-11(4-2-10)12-5-6-19-20-12/h1-6,8-9H,7H2,(H2,15,16)(H,17,18)(H,19,20). The van der Waals surface area contributed by atoms with Gasteiger partial charge in [-0.2, -0.15) is 5.10 Å². The highest BCUT2D eigenvalue weighted by molar-refractivity contribution is 5.58. The molecular weight excluding hydrogens is 252 g/mol. The minimum Gasteiger partial charge on any atom is -0.382 e. The molecule has 0 aliphatic carbocycles. The van der Waals surface area contributed by atoms with E-state index in [1.54, 1.807) is 12.4 Å². The number of H-pyrrole nitrogens is 1. The zero-order valence-corrected chi connectivity index (χ0v) is 10.7. The summed E-state index contributed by atoms with van der Waals surface area (Å²) in [4.78, 5) is 8.12. The molecule has 0 aliphatic rings. The van der Waals surface area contributed by atoms with Gasteiger partial charge in [-0.3, -0.25) is 5.10 Å². The highest BCUT2D eigenvalue weighted by Crippen LogP contribution is 2.17. The van der Waals surface area contributed by atoms with E-state index in [0.717, 1.165) is 16.8 Å². The van der Waals surface area contributed by atoms with Gasteiger partial charge >= 0.3 is 0 Å². The van der Waals surface area contributed by atoms with E-state index >= 15 is 0 Å². The van der Waals surface area contributed by atoms with Crippen LogP contribution in [-0.2, 0) is 6.54 Å². The number of nitrogens with two attached hydrogens (primary N) is 1. The van der Waals surface area contributed by atoms with Crippen LogP contribution in [-0.4, -0.2) is 20.2 Å². The van der Waals surface area contributed by atoms with Crippen LogP contribution in [0.25, 0.3) is 11.3 Å². The van der Waals surface area contributed by atoms with E-state index in [9.17, 15) is 0 Å². The number of nitrogen functional groups attached to an aromatic ring is 1. The number of benzene rings is 1. The Bertz CT molecular complexity index is 658. The summed E-state index contributed by atoms with van der Waals surface area (Å²) >= 11 is 0. The molecule has 0 aliphatic heterocycles. The van der Waals surface area contributed by atoms with Crippen LogP contribution in [0.4, 0.5) is 11.6 Å². The molecule has 0 bridgehead atoms. The predicted octanol–water partition coefficient (Wildman–Crippen LogP) is 2.06. The van der Waals surface area contributed by atoms with Crippen molar-refractivity contribution in [2.75, 3.05) is 11.1 Å². The Kier molecular flexibility index (Phi) is 3.28. The van der Waals surface area contributed by atoms with Gasteiger partial charge in [0.15, 0.2) is 0 Å². The van der Waals surface area contributed by atoms with Crippen molar-refractivity contribution < 1.29 is 0 Å². The summed E-state index contributed by atoms with van der Waals surface area (Å²) in [6.07, 6.45) is 4.89. The second-order valence-corrected chi connectivity index (χ2v) is 4.35. The molecular formula is C14H14N6. The van der Waals surface area contributed by atoms with Gasteiger partial charge in [-0.25, -0.2) is 9.97 Å². The van der Waals surface area contributed by atoms with Crippen LogP contribution >= 0.6 is 0 Å². The second kappa shape index (κ2) is 5.40. The molecule has 6 heteroatoms. The maximum Gasteiger partial charge on any atom is 0.144 e. The van der Waals surface area contributed by atoms with Crippen LogP contribution in [0.1, 0.15) is 5.56 Å². The van der Waals surface area contributed by atoms with Crippen molar-refractivity contribution in [1.82, 2.24) is 20.2 Å². The van der Waals surface area contributed by atoms with E-state index in [1.165, 1.54) is 6.20 Å². The Balaban J connectivity index is 1.65. The number of nitrogens with zero attached hydrogens (tertiary/aromatic N) is 3. The molecule has 0 saturated heterocycles. The van der Waals surface area contributed by atoms with Crippen molar-refractivity contribution >= 4 is 11.6 Å². The normalized spacial score (nSPS) is 10.4.